The van der Waals surface area contributed by atoms with Gasteiger partial charge >= 0.3 is 0 Å². The van der Waals surface area contributed by atoms with Crippen molar-refractivity contribution in [2.24, 2.45) is 4.99 Å². The van der Waals surface area contributed by atoms with Gasteiger partial charge in [-0.15, -0.1) is 11.3 Å². The zero-order valence-electron chi connectivity index (χ0n) is 16.7. The lowest BCUT2D eigenvalue weighted by Gasteiger charge is -2.33. The van der Waals surface area contributed by atoms with Crippen molar-refractivity contribution in [2.75, 3.05) is 45.9 Å². The molecule has 6 nitrogen and oxygen atoms in total. The molecule has 0 bridgehead atoms. The third kappa shape index (κ3) is 6.24. The molecule has 0 amide bonds. The van der Waals surface area contributed by atoms with Crippen molar-refractivity contribution >= 4 is 17.3 Å². The number of hydrogen-bond acceptors (Lipinski definition) is 5. The van der Waals surface area contributed by atoms with Crippen molar-refractivity contribution in [1.29, 1.82) is 0 Å². The lowest BCUT2D eigenvalue weighted by atomic mass is 10.1. The number of benzene rings is 1. The van der Waals surface area contributed by atoms with Gasteiger partial charge in [0.1, 0.15) is 5.82 Å². The first-order valence-electron chi connectivity index (χ1n) is 9.99. The normalized spacial score (nSPS) is 17.7. The van der Waals surface area contributed by atoms with Crippen LogP contribution in [0, 0.1) is 5.82 Å². The van der Waals surface area contributed by atoms with Crippen molar-refractivity contribution in [3.05, 3.63) is 58.0 Å². The van der Waals surface area contributed by atoms with Crippen LogP contribution >= 0.6 is 11.3 Å². The maximum absolute atomic E-state index is 13.9. The van der Waals surface area contributed by atoms with E-state index in [1.807, 2.05) is 6.92 Å². The average molecular weight is 421 g/mol. The fourth-order valence-electron chi connectivity index (χ4n) is 3.32. The van der Waals surface area contributed by atoms with Gasteiger partial charge in [0.05, 0.1) is 31.9 Å². The number of guanidine groups is 1. The van der Waals surface area contributed by atoms with Crippen molar-refractivity contribution in [3.8, 4) is 0 Å². The molecule has 0 radical (unpaired) electrons. The van der Waals surface area contributed by atoms with Gasteiger partial charge in [-0.3, -0.25) is 9.89 Å². The number of halogens is 1. The molecule has 2 heterocycles. The van der Waals surface area contributed by atoms with Crippen LogP contribution in [0.15, 0.2) is 46.8 Å². The highest BCUT2D eigenvalue weighted by atomic mass is 32.1. The molecule has 29 heavy (non-hydrogen) atoms. The van der Waals surface area contributed by atoms with Gasteiger partial charge in [-0.05, 0) is 24.4 Å². The van der Waals surface area contributed by atoms with Crippen molar-refractivity contribution in [3.63, 3.8) is 0 Å². The maximum atomic E-state index is 13.9. The Morgan fingerprint density at radius 2 is 2.03 bits per heavy atom. The number of ether oxygens (including phenoxy) is 1. The molecule has 3 N–H and O–H groups in total. The van der Waals surface area contributed by atoms with E-state index >= 15 is 0 Å². The van der Waals surface area contributed by atoms with Crippen LogP contribution < -0.4 is 10.6 Å². The minimum atomic E-state index is -0.951. The summed E-state index contributed by atoms with van der Waals surface area (Å²) in [6.07, 6.45) is -0.951. The Morgan fingerprint density at radius 1 is 1.24 bits per heavy atom. The molecule has 1 aromatic carbocycles. The molecule has 0 aliphatic carbocycles. The van der Waals surface area contributed by atoms with Gasteiger partial charge in [-0.2, -0.15) is 0 Å². The molecule has 8 heteroatoms. The zero-order valence-corrected chi connectivity index (χ0v) is 17.5. The van der Waals surface area contributed by atoms with Crippen LogP contribution in [0.5, 0.6) is 0 Å². The summed E-state index contributed by atoms with van der Waals surface area (Å²) in [5, 5.41) is 18.8. The SMILES string of the molecule is CCNC(=NCC(c1cccs1)N1CCOCC1)NCC(O)c1ccccc1F. The fraction of sp³-hybridized carbons (Fsp3) is 0.476. The van der Waals surface area contributed by atoms with E-state index in [1.54, 1.807) is 29.5 Å². The minimum absolute atomic E-state index is 0.175. The van der Waals surface area contributed by atoms with Crippen molar-refractivity contribution < 1.29 is 14.2 Å². The van der Waals surface area contributed by atoms with Gasteiger partial charge in [0, 0.05) is 36.6 Å². The number of nitrogens with one attached hydrogen (secondary N) is 2. The third-order valence-corrected chi connectivity index (χ3v) is 5.83. The van der Waals surface area contributed by atoms with Gasteiger partial charge in [-0.25, -0.2) is 4.39 Å². The Balaban J connectivity index is 1.65. The van der Waals surface area contributed by atoms with Crippen LogP contribution in [0.25, 0.3) is 0 Å². The number of aliphatic hydroxyl groups is 1. The molecule has 0 saturated carbocycles. The summed E-state index contributed by atoms with van der Waals surface area (Å²) >= 11 is 1.73. The highest BCUT2D eigenvalue weighted by Crippen LogP contribution is 2.26. The topological polar surface area (TPSA) is 69.1 Å². The number of morpholine rings is 1. The molecule has 2 atom stereocenters. The smallest absolute Gasteiger partial charge is 0.191 e. The Kier molecular flexibility index (Phi) is 8.42. The summed E-state index contributed by atoms with van der Waals surface area (Å²) in [7, 11) is 0. The highest BCUT2D eigenvalue weighted by Gasteiger charge is 2.23. The van der Waals surface area contributed by atoms with Crippen LogP contribution in [-0.2, 0) is 4.74 Å². The fourth-order valence-corrected chi connectivity index (χ4v) is 4.18. The lowest BCUT2D eigenvalue weighted by molar-refractivity contribution is 0.0186. The molecular weight excluding hydrogens is 391 g/mol. The third-order valence-electron chi connectivity index (χ3n) is 4.85. The van der Waals surface area contributed by atoms with E-state index in [-0.39, 0.29) is 18.2 Å². The standard InChI is InChI=1S/C21H29FN4O2S/c1-2-23-21(25-15-19(27)16-6-3-4-7-17(16)22)24-14-18(20-8-5-13-29-20)26-9-11-28-12-10-26/h3-8,13,18-19,27H,2,9-12,14-15H2,1H3,(H2,23,24,25). The van der Waals surface area contributed by atoms with Crippen molar-refractivity contribution in [2.45, 2.75) is 19.1 Å². The van der Waals surface area contributed by atoms with Crippen molar-refractivity contribution in [1.82, 2.24) is 15.5 Å². The first kappa shape index (κ1) is 21.7. The predicted octanol–water partition coefficient (Wildman–Crippen LogP) is 2.55. The molecule has 1 aliphatic rings. The quantitative estimate of drug-likeness (QED) is 0.452. The van der Waals surface area contributed by atoms with E-state index in [2.05, 4.69) is 33.0 Å². The largest absolute Gasteiger partial charge is 0.386 e. The van der Waals surface area contributed by atoms with Gasteiger partial charge in [0.25, 0.3) is 0 Å². The van der Waals surface area contributed by atoms with Gasteiger partial charge < -0.3 is 20.5 Å². The molecule has 1 fully saturated rings. The van der Waals surface area contributed by atoms with Gasteiger partial charge in [0.2, 0.25) is 0 Å². The Hall–Kier alpha value is -2.00. The lowest BCUT2D eigenvalue weighted by Crippen LogP contribution is -2.42. The molecule has 2 aromatic rings. The van der Waals surface area contributed by atoms with Crippen LogP contribution in [-0.4, -0.2) is 61.9 Å². The first-order valence-corrected chi connectivity index (χ1v) is 10.9. The highest BCUT2D eigenvalue weighted by molar-refractivity contribution is 7.10. The van der Waals surface area contributed by atoms with Crippen LogP contribution in [0.3, 0.4) is 0 Å². The molecule has 1 saturated heterocycles. The summed E-state index contributed by atoms with van der Waals surface area (Å²) in [5.41, 5.74) is 0.278. The van der Waals surface area contributed by atoms with Crippen LogP contribution in [0.4, 0.5) is 4.39 Å². The predicted molar refractivity (Wildman–Crippen MR) is 115 cm³/mol. The second-order valence-corrected chi connectivity index (χ2v) is 7.80. The van der Waals surface area contributed by atoms with E-state index in [0.29, 0.717) is 19.0 Å². The molecule has 1 aromatic heterocycles. The number of nitrogens with zero attached hydrogens (tertiary/aromatic N) is 2. The molecule has 3 rings (SSSR count). The maximum Gasteiger partial charge on any atom is 0.191 e. The van der Waals surface area contributed by atoms with E-state index in [9.17, 15) is 9.50 Å². The minimum Gasteiger partial charge on any atom is -0.386 e. The summed E-state index contributed by atoms with van der Waals surface area (Å²) in [5.74, 6) is 0.200. The van der Waals surface area contributed by atoms with Crippen LogP contribution in [0.1, 0.15) is 29.5 Å². The van der Waals surface area contributed by atoms with Gasteiger partial charge in [0.15, 0.2) is 5.96 Å². The summed E-state index contributed by atoms with van der Waals surface area (Å²) in [6, 6.07) is 10.7. The average Bonchev–Trinajstić information content (AvgIpc) is 3.27. The van der Waals surface area contributed by atoms with E-state index in [4.69, 9.17) is 9.73 Å². The number of thiophene rings is 1. The van der Waals surface area contributed by atoms with E-state index in [1.165, 1.54) is 10.9 Å². The second kappa shape index (κ2) is 11.3. The van der Waals surface area contributed by atoms with E-state index in [0.717, 1.165) is 26.3 Å². The molecule has 1 aliphatic heterocycles. The van der Waals surface area contributed by atoms with Gasteiger partial charge in [-0.1, -0.05) is 24.3 Å². The Labute approximate surface area is 175 Å². The second-order valence-electron chi connectivity index (χ2n) is 6.82. The van der Waals surface area contributed by atoms with Crippen LogP contribution in [0.2, 0.25) is 0 Å². The number of aliphatic imine (C=N–C) groups is 1. The molecule has 2 unspecified atom stereocenters. The molecule has 0 spiro atoms. The zero-order chi connectivity index (χ0) is 20.5. The number of rotatable bonds is 8. The summed E-state index contributed by atoms with van der Waals surface area (Å²) < 4.78 is 19.4. The Morgan fingerprint density at radius 3 is 2.72 bits per heavy atom. The summed E-state index contributed by atoms with van der Waals surface area (Å²) in [4.78, 5) is 8.42. The Bertz CT molecular complexity index is 766. The summed E-state index contributed by atoms with van der Waals surface area (Å²) in [6.45, 7) is 6.69. The molecular formula is C21H29FN4O2S. The number of aliphatic hydroxyl groups excluding tert-OH is 1. The monoisotopic (exact) mass is 420 g/mol. The number of hydrogen-bond donors (Lipinski definition) is 3. The van der Waals surface area contributed by atoms with E-state index < -0.39 is 11.9 Å². The first-order chi connectivity index (χ1) is 14.2. The molecule has 158 valence electrons.